The fourth-order valence-corrected chi connectivity index (χ4v) is 1.80. The molecule has 0 bridgehead atoms. The summed E-state index contributed by atoms with van der Waals surface area (Å²) in [6.07, 6.45) is 4.08. The van der Waals surface area contributed by atoms with Gasteiger partial charge in [-0.2, -0.15) is 0 Å². The number of carbonyl (C=O) groups excluding carboxylic acids is 1. The predicted octanol–water partition coefficient (Wildman–Crippen LogP) is 1.81. The second-order valence-electron chi connectivity index (χ2n) is 5.46. The van der Waals surface area contributed by atoms with E-state index in [-0.39, 0.29) is 17.9 Å². The molecule has 0 saturated carbocycles. The van der Waals surface area contributed by atoms with E-state index < -0.39 is 5.60 Å². The quantitative estimate of drug-likeness (QED) is 0.590. The first-order valence-corrected chi connectivity index (χ1v) is 7.10. The number of amides is 1. The molecular formula is C14H30N2O2. The molecule has 4 N–H and O–H groups in total. The van der Waals surface area contributed by atoms with Gasteiger partial charge in [0, 0.05) is 18.5 Å². The molecule has 0 aliphatic carbocycles. The summed E-state index contributed by atoms with van der Waals surface area (Å²) in [5.41, 5.74) is 4.91. The zero-order valence-electron chi connectivity index (χ0n) is 12.3. The molecule has 2 atom stereocenters. The predicted molar refractivity (Wildman–Crippen MR) is 75.2 cm³/mol. The Hall–Kier alpha value is -0.610. The summed E-state index contributed by atoms with van der Waals surface area (Å²) in [6, 6.07) is 0.200. The van der Waals surface area contributed by atoms with Crippen LogP contribution in [-0.4, -0.2) is 29.2 Å². The van der Waals surface area contributed by atoms with Crippen LogP contribution in [0.1, 0.15) is 59.8 Å². The molecule has 0 aromatic carbocycles. The van der Waals surface area contributed by atoms with Crippen molar-refractivity contribution in [2.24, 2.45) is 11.7 Å². The molecule has 0 rings (SSSR count). The van der Waals surface area contributed by atoms with E-state index in [1.165, 1.54) is 0 Å². The van der Waals surface area contributed by atoms with Gasteiger partial charge in [0.1, 0.15) is 0 Å². The van der Waals surface area contributed by atoms with Crippen molar-refractivity contribution in [1.82, 2.24) is 5.32 Å². The van der Waals surface area contributed by atoms with Crippen molar-refractivity contribution >= 4 is 5.91 Å². The summed E-state index contributed by atoms with van der Waals surface area (Å²) in [7, 11) is 0. The molecule has 4 heteroatoms. The van der Waals surface area contributed by atoms with Crippen molar-refractivity contribution < 1.29 is 9.90 Å². The Balaban J connectivity index is 3.94. The third kappa shape index (κ3) is 6.97. The first-order valence-electron chi connectivity index (χ1n) is 7.10. The fourth-order valence-electron chi connectivity index (χ4n) is 1.80. The zero-order valence-corrected chi connectivity index (χ0v) is 12.3. The molecule has 0 aliphatic heterocycles. The lowest BCUT2D eigenvalue weighted by Gasteiger charge is -2.26. The van der Waals surface area contributed by atoms with Gasteiger partial charge < -0.3 is 16.2 Å². The molecule has 0 radical (unpaired) electrons. The van der Waals surface area contributed by atoms with Crippen molar-refractivity contribution in [3.63, 3.8) is 0 Å². The normalized spacial score (nSPS) is 15.2. The van der Waals surface area contributed by atoms with Gasteiger partial charge in [-0.1, -0.05) is 27.2 Å². The van der Waals surface area contributed by atoms with Gasteiger partial charge in [-0.25, -0.2) is 0 Å². The molecule has 4 nitrogen and oxygen atoms in total. The fraction of sp³-hybridized carbons (Fsp3) is 0.929. The van der Waals surface area contributed by atoms with E-state index in [1.807, 2.05) is 27.7 Å². The van der Waals surface area contributed by atoms with E-state index in [4.69, 9.17) is 5.73 Å². The first kappa shape index (κ1) is 17.4. The van der Waals surface area contributed by atoms with E-state index in [0.717, 1.165) is 19.3 Å². The number of nitrogens with one attached hydrogen (secondary N) is 1. The van der Waals surface area contributed by atoms with Gasteiger partial charge >= 0.3 is 0 Å². The van der Waals surface area contributed by atoms with Gasteiger partial charge in [-0.15, -0.1) is 0 Å². The second-order valence-corrected chi connectivity index (χ2v) is 5.46. The molecule has 0 aromatic rings. The molecule has 0 saturated heterocycles. The minimum absolute atomic E-state index is 0.0123. The molecule has 2 unspecified atom stereocenters. The van der Waals surface area contributed by atoms with Crippen LogP contribution < -0.4 is 11.1 Å². The Morgan fingerprint density at radius 1 is 1.28 bits per heavy atom. The third-order valence-corrected chi connectivity index (χ3v) is 3.65. The number of nitrogens with two attached hydrogens (primary N) is 1. The van der Waals surface area contributed by atoms with Gasteiger partial charge in [0.15, 0.2) is 0 Å². The van der Waals surface area contributed by atoms with Crippen LogP contribution in [0, 0.1) is 5.92 Å². The molecule has 0 aliphatic rings. The van der Waals surface area contributed by atoms with Gasteiger partial charge in [0.2, 0.25) is 5.91 Å². The summed E-state index contributed by atoms with van der Waals surface area (Å²) in [4.78, 5) is 11.8. The summed E-state index contributed by atoms with van der Waals surface area (Å²) in [6.45, 7) is 8.11. The Kier molecular flexibility index (Phi) is 8.20. The largest absolute Gasteiger partial charge is 0.388 e. The minimum Gasteiger partial charge on any atom is -0.388 e. The van der Waals surface area contributed by atoms with Crippen LogP contribution in [0.2, 0.25) is 0 Å². The summed E-state index contributed by atoms with van der Waals surface area (Å²) < 4.78 is 0. The molecule has 0 spiro atoms. The molecule has 1 amide bonds. The van der Waals surface area contributed by atoms with Crippen LogP contribution in [0.3, 0.4) is 0 Å². The lowest BCUT2D eigenvalue weighted by Crippen LogP contribution is -2.43. The highest BCUT2D eigenvalue weighted by Crippen LogP contribution is 2.14. The highest BCUT2D eigenvalue weighted by Gasteiger charge is 2.23. The van der Waals surface area contributed by atoms with Crippen molar-refractivity contribution in [1.29, 1.82) is 0 Å². The van der Waals surface area contributed by atoms with Crippen LogP contribution in [-0.2, 0) is 4.79 Å². The SMILES string of the molecule is CCC(O)(CC)CNC(=O)C(C)CCCC(C)N. The number of hydrogen-bond acceptors (Lipinski definition) is 3. The maximum absolute atomic E-state index is 11.8. The number of hydrogen-bond donors (Lipinski definition) is 3. The van der Waals surface area contributed by atoms with Gasteiger partial charge in [-0.05, 0) is 32.6 Å². The summed E-state index contributed by atoms with van der Waals surface area (Å²) in [5.74, 6) is 0.0155. The van der Waals surface area contributed by atoms with Crippen molar-refractivity contribution in [3.8, 4) is 0 Å². The number of aliphatic hydroxyl groups is 1. The van der Waals surface area contributed by atoms with Crippen molar-refractivity contribution in [2.45, 2.75) is 71.4 Å². The lowest BCUT2D eigenvalue weighted by molar-refractivity contribution is -0.126. The topological polar surface area (TPSA) is 75.3 Å². The van der Waals surface area contributed by atoms with Crippen molar-refractivity contribution in [2.75, 3.05) is 6.54 Å². The summed E-state index contributed by atoms with van der Waals surface area (Å²) >= 11 is 0. The monoisotopic (exact) mass is 258 g/mol. The first-order chi connectivity index (χ1) is 8.34. The van der Waals surface area contributed by atoms with Gasteiger partial charge in [0.05, 0.1) is 5.60 Å². The van der Waals surface area contributed by atoms with Crippen LogP contribution in [0.4, 0.5) is 0 Å². The lowest BCUT2D eigenvalue weighted by atomic mass is 9.96. The van der Waals surface area contributed by atoms with E-state index in [2.05, 4.69) is 5.32 Å². The maximum atomic E-state index is 11.8. The van der Waals surface area contributed by atoms with E-state index in [0.29, 0.717) is 19.4 Å². The molecule has 0 aromatic heterocycles. The van der Waals surface area contributed by atoms with E-state index in [9.17, 15) is 9.90 Å². The molecule has 18 heavy (non-hydrogen) atoms. The highest BCUT2D eigenvalue weighted by molar-refractivity contribution is 5.78. The van der Waals surface area contributed by atoms with E-state index in [1.54, 1.807) is 0 Å². The molecule has 0 fully saturated rings. The minimum atomic E-state index is -0.763. The van der Waals surface area contributed by atoms with Crippen molar-refractivity contribution in [3.05, 3.63) is 0 Å². The number of carbonyl (C=O) groups is 1. The van der Waals surface area contributed by atoms with Crippen LogP contribution in [0.25, 0.3) is 0 Å². The Bertz CT molecular complexity index is 238. The standard InChI is InChI=1S/C14H30N2O2/c1-5-14(18,6-2)10-16-13(17)11(3)8-7-9-12(4)15/h11-12,18H,5-10,15H2,1-4H3,(H,16,17). The van der Waals surface area contributed by atoms with Gasteiger partial charge in [0.25, 0.3) is 0 Å². The van der Waals surface area contributed by atoms with Crippen LogP contribution in [0.5, 0.6) is 0 Å². The maximum Gasteiger partial charge on any atom is 0.222 e. The Morgan fingerprint density at radius 3 is 2.28 bits per heavy atom. The Morgan fingerprint density at radius 2 is 1.83 bits per heavy atom. The molecule has 0 heterocycles. The molecular weight excluding hydrogens is 228 g/mol. The number of rotatable bonds is 9. The third-order valence-electron chi connectivity index (χ3n) is 3.65. The second kappa shape index (κ2) is 8.48. The average Bonchev–Trinajstić information content (AvgIpc) is 2.34. The smallest absolute Gasteiger partial charge is 0.222 e. The molecule has 108 valence electrons. The summed E-state index contributed by atoms with van der Waals surface area (Å²) in [5, 5.41) is 12.9. The highest BCUT2D eigenvalue weighted by atomic mass is 16.3. The van der Waals surface area contributed by atoms with E-state index >= 15 is 0 Å². The average molecular weight is 258 g/mol. The van der Waals surface area contributed by atoms with Crippen LogP contribution >= 0.6 is 0 Å². The Labute approximate surface area is 111 Å². The zero-order chi connectivity index (χ0) is 14.2. The van der Waals surface area contributed by atoms with Gasteiger partial charge in [-0.3, -0.25) is 4.79 Å². The van der Waals surface area contributed by atoms with Crippen LogP contribution in [0.15, 0.2) is 0 Å².